The molecular formula is C29H29N9O4. The molecule has 2 heterocycles. The van der Waals surface area contributed by atoms with Crippen molar-refractivity contribution in [3.05, 3.63) is 78.4 Å². The van der Waals surface area contributed by atoms with E-state index in [0.717, 1.165) is 11.1 Å². The zero-order valence-corrected chi connectivity index (χ0v) is 22.8. The maximum atomic E-state index is 12.5. The van der Waals surface area contributed by atoms with Crippen LogP contribution >= 0.6 is 0 Å². The number of nitrogens with zero attached hydrogens (tertiary/aromatic N) is 4. The molecule has 0 radical (unpaired) electrons. The van der Waals surface area contributed by atoms with Gasteiger partial charge < -0.3 is 36.6 Å². The second-order valence-electron chi connectivity index (χ2n) is 9.26. The highest BCUT2D eigenvalue weighted by Crippen LogP contribution is 2.26. The molecule has 13 nitrogen and oxygen atoms in total. The standard InChI is InChI=1S/C29H29N9O4/c1-31-28(40)32-21-10-4-19(5-11-21)25-35-26(37-27(36-25)38-14-16-42-17-15-38)20-6-12-23(13-7-20)34-29(41)33-22-8-2-18(3-9-22)24(30)39/h2-13H,14-17H2,1H3,(H2,30,39)(H2,31,32,40)(H2,33,34,41). The van der Waals surface area contributed by atoms with Crippen LogP contribution in [0.1, 0.15) is 10.4 Å². The monoisotopic (exact) mass is 567 g/mol. The number of benzene rings is 3. The summed E-state index contributed by atoms with van der Waals surface area (Å²) in [5.41, 5.74) is 8.81. The minimum atomic E-state index is -0.540. The SMILES string of the molecule is CNC(=O)Nc1ccc(-c2nc(-c3ccc(NC(=O)Nc4ccc(C(N)=O)cc4)cc3)nc(N3CCOCC3)n2)cc1. The molecule has 3 aromatic carbocycles. The molecule has 4 aromatic rings. The van der Waals surface area contributed by atoms with Gasteiger partial charge in [0.25, 0.3) is 0 Å². The van der Waals surface area contributed by atoms with E-state index in [9.17, 15) is 14.4 Å². The first-order valence-electron chi connectivity index (χ1n) is 13.1. The Morgan fingerprint density at radius 3 is 1.60 bits per heavy atom. The van der Waals surface area contributed by atoms with Crippen molar-refractivity contribution in [3.63, 3.8) is 0 Å². The van der Waals surface area contributed by atoms with E-state index in [1.165, 1.54) is 12.1 Å². The fourth-order valence-corrected chi connectivity index (χ4v) is 4.14. The highest BCUT2D eigenvalue weighted by atomic mass is 16.5. The van der Waals surface area contributed by atoms with E-state index in [4.69, 9.17) is 25.4 Å². The number of morpholine rings is 1. The van der Waals surface area contributed by atoms with Crippen LogP contribution in [0.3, 0.4) is 0 Å². The molecule has 0 aliphatic carbocycles. The minimum Gasteiger partial charge on any atom is -0.378 e. The number of urea groups is 2. The average molecular weight is 568 g/mol. The third-order valence-corrected chi connectivity index (χ3v) is 6.37. The van der Waals surface area contributed by atoms with E-state index in [-0.39, 0.29) is 6.03 Å². The third-order valence-electron chi connectivity index (χ3n) is 6.37. The smallest absolute Gasteiger partial charge is 0.323 e. The number of nitrogens with two attached hydrogens (primary N) is 1. The predicted octanol–water partition coefficient (Wildman–Crippen LogP) is 3.54. The molecule has 5 rings (SSSR count). The Bertz CT molecular complexity index is 1570. The van der Waals surface area contributed by atoms with E-state index in [1.807, 2.05) is 24.3 Å². The molecule has 13 heteroatoms. The van der Waals surface area contributed by atoms with Gasteiger partial charge >= 0.3 is 12.1 Å². The lowest BCUT2D eigenvalue weighted by atomic mass is 10.1. The van der Waals surface area contributed by atoms with Gasteiger partial charge in [-0.05, 0) is 72.8 Å². The molecule has 0 spiro atoms. The van der Waals surface area contributed by atoms with Gasteiger partial charge in [0.15, 0.2) is 11.6 Å². The maximum absolute atomic E-state index is 12.5. The molecule has 1 aliphatic rings. The molecule has 42 heavy (non-hydrogen) atoms. The van der Waals surface area contributed by atoms with Crippen LogP contribution in [0.15, 0.2) is 72.8 Å². The molecule has 1 fully saturated rings. The lowest BCUT2D eigenvalue weighted by molar-refractivity contribution is 0.1000. The molecule has 6 N–H and O–H groups in total. The quantitative estimate of drug-likeness (QED) is 0.225. The van der Waals surface area contributed by atoms with Crippen LogP contribution in [0.25, 0.3) is 22.8 Å². The number of aromatic nitrogens is 3. The number of anilines is 4. The number of hydrogen-bond acceptors (Lipinski definition) is 8. The molecule has 5 amide bonds. The molecule has 0 bridgehead atoms. The normalized spacial score (nSPS) is 12.7. The first-order valence-corrected chi connectivity index (χ1v) is 13.1. The number of amides is 5. The molecule has 1 saturated heterocycles. The van der Waals surface area contributed by atoms with Crippen molar-refractivity contribution < 1.29 is 19.1 Å². The van der Waals surface area contributed by atoms with E-state index in [1.54, 1.807) is 43.4 Å². The first-order chi connectivity index (χ1) is 20.4. The highest BCUT2D eigenvalue weighted by molar-refractivity contribution is 6.00. The van der Waals surface area contributed by atoms with Crippen molar-refractivity contribution in [2.75, 3.05) is 54.2 Å². The summed E-state index contributed by atoms with van der Waals surface area (Å²) in [5, 5.41) is 10.7. The molecule has 0 unspecified atom stereocenters. The van der Waals surface area contributed by atoms with Crippen LogP contribution in [-0.2, 0) is 4.74 Å². The van der Waals surface area contributed by atoms with Gasteiger partial charge in [-0.3, -0.25) is 4.79 Å². The molecule has 0 atom stereocenters. The summed E-state index contributed by atoms with van der Waals surface area (Å²) < 4.78 is 5.49. The summed E-state index contributed by atoms with van der Waals surface area (Å²) in [5.74, 6) is 0.952. The lowest BCUT2D eigenvalue weighted by Crippen LogP contribution is -2.37. The average Bonchev–Trinajstić information content (AvgIpc) is 3.02. The van der Waals surface area contributed by atoms with Crippen LogP contribution in [0.4, 0.5) is 32.6 Å². The highest BCUT2D eigenvalue weighted by Gasteiger charge is 2.18. The van der Waals surface area contributed by atoms with Crippen molar-refractivity contribution in [2.24, 2.45) is 5.73 Å². The number of rotatable bonds is 7. The first kappa shape index (κ1) is 28.0. The van der Waals surface area contributed by atoms with E-state index < -0.39 is 11.9 Å². The van der Waals surface area contributed by atoms with Crippen LogP contribution in [0, 0.1) is 0 Å². The van der Waals surface area contributed by atoms with Gasteiger partial charge in [0.2, 0.25) is 11.9 Å². The Kier molecular flexibility index (Phi) is 8.49. The van der Waals surface area contributed by atoms with Gasteiger partial charge in [-0.2, -0.15) is 9.97 Å². The Morgan fingerprint density at radius 2 is 1.14 bits per heavy atom. The van der Waals surface area contributed by atoms with Gasteiger partial charge in [-0.1, -0.05) is 0 Å². The number of primary amides is 1. The van der Waals surface area contributed by atoms with E-state index in [0.29, 0.717) is 66.5 Å². The van der Waals surface area contributed by atoms with Crippen molar-refractivity contribution in [2.45, 2.75) is 0 Å². The van der Waals surface area contributed by atoms with E-state index in [2.05, 4.69) is 26.2 Å². The number of carbonyl (C=O) groups is 3. The zero-order chi connectivity index (χ0) is 29.5. The maximum Gasteiger partial charge on any atom is 0.323 e. The lowest BCUT2D eigenvalue weighted by Gasteiger charge is -2.27. The second-order valence-corrected chi connectivity index (χ2v) is 9.26. The fraction of sp³-hybridized carbons (Fsp3) is 0.172. The number of hydrogen-bond donors (Lipinski definition) is 5. The fourth-order valence-electron chi connectivity index (χ4n) is 4.14. The van der Waals surface area contributed by atoms with Crippen molar-refractivity contribution in [3.8, 4) is 22.8 Å². The predicted molar refractivity (Wildman–Crippen MR) is 159 cm³/mol. The minimum absolute atomic E-state index is 0.311. The van der Waals surface area contributed by atoms with Crippen molar-refractivity contribution >= 4 is 41.0 Å². The Labute approximate surface area is 241 Å². The summed E-state index contributed by atoms with van der Waals surface area (Å²) >= 11 is 0. The molecular weight excluding hydrogens is 538 g/mol. The zero-order valence-electron chi connectivity index (χ0n) is 22.8. The number of nitrogens with one attached hydrogen (secondary N) is 4. The van der Waals surface area contributed by atoms with Crippen molar-refractivity contribution in [1.29, 1.82) is 0 Å². The van der Waals surface area contributed by atoms with Crippen LogP contribution in [0.2, 0.25) is 0 Å². The van der Waals surface area contributed by atoms with Crippen LogP contribution in [-0.4, -0.2) is 66.3 Å². The summed E-state index contributed by atoms with van der Waals surface area (Å²) in [6, 6.07) is 19.9. The summed E-state index contributed by atoms with van der Waals surface area (Å²) in [6.45, 7) is 2.46. The molecule has 214 valence electrons. The second kappa shape index (κ2) is 12.7. The largest absolute Gasteiger partial charge is 0.378 e. The summed E-state index contributed by atoms with van der Waals surface area (Å²) in [6.07, 6.45) is 0. The van der Waals surface area contributed by atoms with Gasteiger partial charge in [-0.25, -0.2) is 14.6 Å². The molecule has 1 aliphatic heterocycles. The number of carbonyl (C=O) groups excluding carboxylic acids is 3. The van der Waals surface area contributed by atoms with Crippen molar-refractivity contribution in [1.82, 2.24) is 20.3 Å². The Balaban J connectivity index is 1.35. The van der Waals surface area contributed by atoms with Gasteiger partial charge in [0.1, 0.15) is 0 Å². The van der Waals surface area contributed by atoms with Gasteiger partial charge in [0, 0.05) is 53.9 Å². The third kappa shape index (κ3) is 6.95. The van der Waals surface area contributed by atoms with E-state index >= 15 is 0 Å². The topological polar surface area (TPSA) is 176 Å². The molecule has 1 aromatic heterocycles. The van der Waals surface area contributed by atoms with Crippen LogP contribution in [0.5, 0.6) is 0 Å². The Hall–Kier alpha value is -5.56. The van der Waals surface area contributed by atoms with Crippen LogP contribution < -0.4 is 31.9 Å². The molecule has 0 saturated carbocycles. The summed E-state index contributed by atoms with van der Waals surface area (Å²) in [4.78, 5) is 51.6. The summed E-state index contributed by atoms with van der Waals surface area (Å²) in [7, 11) is 1.55. The van der Waals surface area contributed by atoms with Gasteiger partial charge in [-0.15, -0.1) is 0 Å². The Morgan fingerprint density at radius 1 is 0.690 bits per heavy atom. The van der Waals surface area contributed by atoms with Gasteiger partial charge in [0.05, 0.1) is 13.2 Å². The number of ether oxygens (including phenoxy) is 1.